The summed E-state index contributed by atoms with van der Waals surface area (Å²) in [4.78, 5) is 14.2. The number of nitrogens with zero attached hydrogens (tertiary/aromatic N) is 1. The van der Waals surface area contributed by atoms with Gasteiger partial charge in [0.2, 0.25) is 0 Å². The monoisotopic (exact) mass is 273 g/mol. The van der Waals surface area contributed by atoms with Crippen molar-refractivity contribution in [3.63, 3.8) is 0 Å². The van der Waals surface area contributed by atoms with Crippen LogP contribution in [-0.4, -0.2) is 23.1 Å². The summed E-state index contributed by atoms with van der Waals surface area (Å²) in [5.41, 5.74) is 2.05. The molecule has 1 heterocycles. The Labute approximate surface area is 121 Å². The molecule has 0 radical (unpaired) electrons. The summed E-state index contributed by atoms with van der Waals surface area (Å²) in [6.45, 7) is 8.36. The van der Waals surface area contributed by atoms with Crippen molar-refractivity contribution >= 4 is 6.09 Å². The number of ether oxygens (including phenoxy) is 1. The van der Waals surface area contributed by atoms with Gasteiger partial charge >= 0.3 is 6.09 Å². The molecule has 20 heavy (non-hydrogen) atoms. The Morgan fingerprint density at radius 3 is 2.70 bits per heavy atom. The first-order valence-electron chi connectivity index (χ1n) is 7.12. The van der Waals surface area contributed by atoms with E-state index >= 15 is 0 Å². The van der Waals surface area contributed by atoms with Crippen molar-refractivity contribution in [3.05, 3.63) is 47.5 Å². The molecule has 0 aliphatic carbocycles. The Hall–Kier alpha value is -1.77. The third-order valence-corrected chi connectivity index (χ3v) is 3.33. The Morgan fingerprint density at radius 1 is 1.35 bits per heavy atom. The van der Waals surface area contributed by atoms with Gasteiger partial charge in [-0.25, -0.2) is 4.79 Å². The van der Waals surface area contributed by atoms with Crippen molar-refractivity contribution in [1.29, 1.82) is 0 Å². The molecule has 0 aromatic heterocycles. The van der Waals surface area contributed by atoms with Crippen molar-refractivity contribution in [3.8, 4) is 0 Å². The molecule has 0 bridgehead atoms. The topological polar surface area (TPSA) is 29.5 Å². The number of benzene rings is 1. The zero-order valence-corrected chi connectivity index (χ0v) is 12.7. The van der Waals surface area contributed by atoms with E-state index in [-0.39, 0.29) is 12.1 Å². The molecule has 0 saturated carbocycles. The van der Waals surface area contributed by atoms with Crippen LogP contribution in [0.15, 0.2) is 36.4 Å². The average Bonchev–Trinajstić information content (AvgIpc) is 2.37. The van der Waals surface area contributed by atoms with Gasteiger partial charge in [-0.2, -0.15) is 0 Å². The summed E-state index contributed by atoms with van der Waals surface area (Å²) in [7, 11) is 0. The first kappa shape index (κ1) is 14.6. The van der Waals surface area contributed by atoms with E-state index in [2.05, 4.69) is 24.3 Å². The molecular weight excluding hydrogens is 250 g/mol. The summed E-state index contributed by atoms with van der Waals surface area (Å²) in [6.07, 6.45) is 4.69. The number of carbonyl (C=O) groups is 1. The molecule has 0 unspecified atom stereocenters. The van der Waals surface area contributed by atoms with E-state index in [1.54, 1.807) is 0 Å². The predicted molar refractivity (Wildman–Crippen MR) is 80.6 cm³/mol. The molecule has 1 aromatic carbocycles. The van der Waals surface area contributed by atoms with Crippen LogP contribution in [-0.2, 0) is 11.2 Å². The summed E-state index contributed by atoms with van der Waals surface area (Å²) in [6, 6.07) is 8.28. The third-order valence-electron chi connectivity index (χ3n) is 3.33. The van der Waals surface area contributed by atoms with Gasteiger partial charge in [0.15, 0.2) is 0 Å². The third kappa shape index (κ3) is 3.21. The van der Waals surface area contributed by atoms with Crippen LogP contribution in [0.25, 0.3) is 0 Å². The van der Waals surface area contributed by atoms with Crippen LogP contribution < -0.4 is 0 Å². The van der Waals surface area contributed by atoms with Gasteiger partial charge in [-0.05, 0) is 45.2 Å². The van der Waals surface area contributed by atoms with Crippen molar-refractivity contribution in [2.45, 2.75) is 45.8 Å². The summed E-state index contributed by atoms with van der Waals surface area (Å²) in [5, 5.41) is 0. The van der Waals surface area contributed by atoms with Crippen LogP contribution in [0.4, 0.5) is 4.79 Å². The molecule has 3 heteroatoms. The van der Waals surface area contributed by atoms with Gasteiger partial charge in [-0.15, -0.1) is 0 Å². The number of allylic oxidation sites excluding steroid dienone is 1. The van der Waals surface area contributed by atoms with Crippen LogP contribution in [0.2, 0.25) is 0 Å². The molecule has 1 amide bonds. The molecule has 0 spiro atoms. The highest BCUT2D eigenvalue weighted by molar-refractivity contribution is 5.70. The fourth-order valence-electron chi connectivity index (χ4n) is 2.51. The zero-order valence-electron chi connectivity index (χ0n) is 12.7. The lowest BCUT2D eigenvalue weighted by atomic mass is 9.92. The Bertz CT molecular complexity index is 514. The van der Waals surface area contributed by atoms with Gasteiger partial charge in [-0.3, -0.25) is 4.90 Å². The molecule has 0 saturated heterocycles. The minimum atomic E-state index is -0.464. The van der Waals surface area contributed by atoms with Crippen LogP contribution >= 0.6 is 0 Å². The quantitative estimate of drug-likeness (QED) is 0.721. The molecule has 108 valence electrons. The maximum Gasteiger partial charge on any atom is 0.411 e. The fourth-order valence-corrected chi connectivity index (χ4v) is 2.51. The number of hydrogen-bond acceptors (Lipinski definition) is 2. The highest BCUT2D eigenvalue weighted by Gasteiger charge is 2.31. The van der Waals surface area contributed by atoms with E-state index in [1.807, 2.05) is 44.7 Å². The van der Waals surface area contributed by atoms with Gasteiger partial charge in [-0.1, -0.05) is 36.4 Å². The van der Waals surface area contributed by atoms with Gasteiger partial charge in [0, 0.05) is 6.54 Å². The number of fused-ring (bicyclic) bond motifs is 1. The normalized spacial score (nSPS) is 19.0. The number of rotatable bonds is 1. The van der Waals surface area contributed by atoms with Crippen LogP contribution in [0, 0.1) is 0 Å². The van der Waals surface area contributed by atoms with Gasteiger partial charge in [0.05, 0.1) is 6.04 Å². The molecule has 1 aliphatic heterocycles. The van der Waals surface area contributed by atoms with E-state index in [4.69, 9.17) is 4.74 Å². The maximum absolute atomic E-state index is 12.4. The van der Waals surface area contributed by atoms with Crippen LogP contribution in [0.5, 0.6) is 0 Å². The van der Waals surface area contributed by atoms with Crippen LogP contribution in [0.1, 0.15) is 44.9 Å². The predicted octanol–water partition coefficient (Wildman–Crippen LogP) is 4.10. The second kappa shape index (κ2) is 5.70. The SMILES string of the molecule is C/C=C/[C@H]1c2ccccc2CCN1C(=O)OC(C)(C)C. The molecule has 1 aliphatic rings. The molecule has 1 atom stereocenters. The minimum absolute atomic E-state index is 0.0280. The van der Waals surface area contributed by atoms with E-state index in [0.29, 0.717) is 6.54 Å². The second-order valence-corrected chi connectivity index (χ2v) is 6.09. The first-order valence-corrected chi connectivity index (χ1v) is 7.12. The lowest BCUT2D eigenvalue weighted by Crippen LogP contribution is -2.42. The molecular formula is C17H23NO2. The fraction of sp³-hybridized carbons (Fsp3) is 0.471. The van der Waals surface area contributed by atoms with Crippen molar-refractivity contribution in [2.75, 3.05) is 6.54 Å². The van der Waals surface area contributed by atoms with Crippen molar-refractivity contribution < 1.29 is 9.53 Å². The van der Waals surface area contributed by atoms with E-state index in [0.717, 1.165) is 6.42 Å². The zero-order chi connectivity index (χ0) is 14.8. The summed E-state index contributed by atoms with van der Waals surface area (Å²) >= 11 is 0. The lowest BCUT2D eigenvalue weighted by Gasteiger charge is -2.36. The standard InChI is InChI=1S/C17H23NO2/c1-5-8-15-14-10-7-6-9-13(14)11-12-18(15)16(19)20-17(2,3)4/h5-10,15H,11-12H2,1-4H3/b8-5+/t15-/m0/s1. The van der Waals surface area contributed by atoms with Gasteiger partial charge in [0.1, 0.15) is 5.60 Å². The van der Waals surface area contributed by atoms with Crippen molar-refractivity contribution in [1.82, 2.24) is 4.90 Å². The van der Waals surface area contributed by atoms with Gasteiger partial charge < -0.3 is 4.74 Å². The minimum Gasteiger partial charge on any atom is -0.444 e. The average molecular weight is 273 g/mol. The lowest BCUT2D eigenvalue weighted by molar-refractivity contribution is 0.0184. The number of amides is 1. The molecule has 0 fully saturated rings. The molecule has 1 aromatic rings. The largest absolute Gasteiger partial charge is 0.444 e. The molecule has 2 rings (SSSR count). The van der Waals surface area contributed by atoms with E-state index in [9.17, 15) is 4.79 Å². The smallest absolute Gasteiger partial charge is 0.411 e. The molecule has 0 N–H and O–H groups in total. The Morgan fingerprint density at radius 2 is 2.05 bits per heavy atom. The Kier molecular flexibility index (Phi) is 4.17. The van der Waals surface area contributed by atoms with Crippen molar-refractivity contribution in [2.24, 2.45) is 0 Å². The summed E-state index contributed by atoms with van der Waals surface area (Å²) in [5.74, 6) is 0. The maximum atomic E-state index is 12.4. The van der Waals surface area contributed by atoms with E-state index < -0.39 is 5.60 Å². The van der Waals surface area contributed by atoms with Crippen LogP contribution in [0.3, 0.4) is 0 Å². The highest BCUT2D eigenvalue weighted by atomic mass is 16.6. The summed E-state index contributed by atoms with van der Waals surface area (Å²) < 4.78 is 5.52. The Balaban J connectivity index is 2.29. The highest BCUT2D eigenvalue weighted by Crippen LogP contribution is 2.31. The number of carbonyl (C=O) groups excluding carboxylic acids is 1. The van der Waals surface area contributed by atoms with E-state index in [1.165, 1.54) is 11.1 Å². The number of hydrogen-bond donors (Lipinski definition) is 0. The first-order chi connectivity index (χ1) is 9.42. The van der Waals surface area contributed by atoms with Gasteiger partial charge in [0.25, 0.3) is 0 Å². The second-order valence-electron chi connectivity index (χ2n) is 6.09. The molecule has 3 nitrogen and oxygen atoms in total.